The number of rotatable bonds is 3. The molecule has 1 heterocycles. The summed E-state index contributed by atoms with van der Waals surface area (Å²) in [4.78, 5) is 9.67. The van der Waals surface area contributed by atoms with Crippen LogP contribution in [0.4, 0.5) is 11.4 Å². The second-order valence-corrected chi connectivity index (χ2v) is 6.00. The molecule has 1 N–H and O–H groups in total. The Hall–Kier alpha value is -3.40. The Morgan fingerprint density at radius 3 is 1.92 bits per heavy atom. The van der Waals surface area contributed by atoms with Crippen molar-refractivity contribution in [2.75, 3.05) is 7.11 Å². The smallest absolute Gasteiger partial charge is 0.127 e. The summed E-state index contributed by atoms with van der Waals surface area (Å²) in [5, 5.41) is 10.3. The molecule has 0 fully saturated rings. The van der Waals surface area contributed by atoms with Gasteiger partial charge in [0.05, 0.1) is 29.9 Å². The summed E-state index contributed by atoms with van der Waals surface area (Å²) in [7, 11) is 1.65. The van der Waals surface area contributed by atoms with Crippen LogP contribution in [0.25, 0.3) is 0 Å². The van der Waals surface area contributed by atoms with Gasteiger partial charge in [-0.05, 0) is 36.4 Å². The van der Waals surface area contributed by atoms with E-state index in [1.165, 1.54) is 0 Å². The Bertz CT molecular complexity index is 1020. The van der Waals surface area contributed by atoms with E-state index in [0.29, 0.717) is 12.0 Å². The normalized spacial score (nSPS) is 13.3. The Morgan fingerprint density at radius 2 is 1.27 bits per heavy atom. The van der Waals surface area contributed by atoms with Crippen molar-refractivity contribution < 1.29 is 9.84 Å². The van der Waals surface area contributed by atoms with Gasteiger partial charge in [0.2, 0.25) is 0 Å². The third kappa shape index (κ3) is 2.97. The van der Waals surface area contributed by atoms with Crippen molar-refractivity contribution >= 4 is 22.8 Å². The molecule has 0 saturated heterocycles. The fourth-order valence-corrected chi connectivity index (χ4v) is 3.09. The number of benzene rings is 3. The van der Waals surface area contributed by atoms with E-state index in [2.05, 4.69) is 0 Å². The lowest BCUT2D eigenvalue weighted by Gasteiger charge is -2.12. The zero-order valence-corrected chi connectivity index (χ0v) is 14.4. The van der Waals surface area contributed by atoms with Crippen molar-refractivity contribution in [3.8, 4) is 11.5 Å². The quantitative estimate of drug-likeness (QED) is 0.724. The van der Waals surface area contributed by atoms with Gasteiger partial charge in [0.1, 0.15) is 11.5 Å². The highest BCUT2D eigenvalue weighted by atomic mass is 16.5. The Kier molecular flexibility index (Phi) is 4.23. The lowest BCUT2D eigenvalue weighted by atomic mass is 9.98. The number of ether oxygens (including phenoxy) is 1. The number of nitrogens with zero attached hydrogens (tertiary/aromatic N) is 2. The lowest BCUT2D eigenvalue weighted by molar-refractivity contribution is 0.414. The average molecular weight is 342 g/mol. The van der Waals surface area contributed by atoms with Crippen molar-refractivity contribution in [3.05, 3.63) is 83.9 Å². The van der Waals surface area contributed by atoms with E-state index in [9.17, 15) is 5.11 Å². The van der Waals surface area contributed by atoms with Crippen LogP contribution in [-0.4, -0.2) is 23.6 Å². The minimum Gasteiger partial charge on any atom is -0.507 e. The zero-order chi connectivity index (χ0) is 17.9. The first-order chi connectivity index (χ1) is 12.8. The first-order valence-corrected chi connectivity index (χ1v) is 8.42. The summed E-state index contributed by atoms with van der Waals surface area (Å²) in [6.07, 6.45) is 0.493. The number of hydrogen-bond donors (Lipinski definition) is 1. The molecule has 0 atom stereocenters. The largest absolute Gasteiger partial charge is 0.507 e. The molecule has 1 aliphatic rings. The van der Waals surface area contributed by atoms with E-state index in [4.69, 9.17) is 14.7 Å². The fraction of sp³-hybridized carbons (Fsp3) is 0.0909. The molecule has 26 heavy (non-hydrogen) atoms. The molecule has 0 saturated carbocycles. The predicted octanol–water partition coefficient (Wildman–Crippen LogP) is 5.05. The molecule has 0 aromatic heterocycles. The molecule has 0 spiro atoms. The van der Waals surface area contributed by atoms with Gasteiger partial charge in [0.25, 0.3) is 0 Å². The summed E-state index contributed by atoms with van der Waals surface area (Å²) in [5.41, 5.74) is 4.86. The number of aromatic hydroxyl groups is 1. The van der Waals surface area contributed by atoms with Crippen LogP contribution in [0.1, 0.15) is 17.5 Å². The van der Waals surface area contributed by atoms with E-state index >= 15 is 0 Å². The summed E-state index contributed by atoms with van der Waals surface area (Å²) in [6.45, 7) is 0. The molecule has 0 amide bonds. The maximum Gasteiger partial charge on any atom is 0.127 e. The SMILES string of the molecule is COc1ccccc1C1=Nc2ccccc2N=C(c2ccccc2O)C1. The molecular formula is C22H18N2O2. The highest BCUT2D eigenvalue weighted by Crippen LogP contribution is 2.35. The van der Waals surface area contributed by atoms with Crippen LogP contribution in [-0.2, 0) is 0 Å². The summed E-state index contributed by atoms with van der Waals surface area (Å²) >= 11 is 0. The number of aliphatic imine (C=N–C) groups is 2. The molecule has 0 aliphatic carbocycles. The third-order valence-electron chi connectivity index (χ3n) is 4.36. The van der Waals surface area contributed by atoms with E-state index in [1.54, 1.807) is 19.2 Å². The summed E-state index contributed by atoms with van der Waals surface area (Å²) in [5.74, 6) is 0.979. The van der Waals surface area contributed by atoms with Crippen LogP contribution in [0.3, 0.4) is 0 Å². The number of phenolic OH excluding ortho intramolecular Hbond substituents is 1. The average Bonchev–Trinajstić information content (AvgIpc) is 2.88. The molecule has 0 radical (unpaired) electrons. The van der Waals surface area contributed by atoms with Gasteiger partial charge in [-0.25, -0.2) is 0 Å². The van der Waals surface area contributed by atoms with Crippen molar-refractivity contribution in [2.24, 2.45) is 9.98 Å². The molecule has 0 bridgehead atoms. The summed E-state index contributed by atoms with van der Waals surface area (Å²) < 4.78 is 5.52. The molecule has 4 nitrogen and oxygen atoms in total. The van der Waals surface area contributed by atoms with Crippen LogP contribution >= 0.6 is 0 Å². The predicted molar refractivity (Wildman–Crippen MR) is 105 cm³/mol. The minimum absolute atomic E-state index is 0.213. The minimum atomic E-state index is 0.213. The van der Waals surface area contributed by atoms with Crippen LogP contribution in [0.5, 0.6) is 11.5 Å². The van der Waals surface area contributed by atoms with Crippen molar-refractivity contribution in [2.45, 2.75) is 6.42 Å². The van der Waals surface area contributed by atoms with E-state index < -0.39 is 0 Å². The van der Waals surface area contributed by atoms with E-state index in [-0.39, 0.29) is 5.75 Å². The van der Waals surface area contributed by atoms with Crippen LogP contribution in [0.2, 0.25) is 0 Å². The van der Waals surface area contributed by atoms with Crippen molar-refractivity contribution in [1.29, 1.82) is 0 Å². The van der Waals surface area contributed by atoms with Gasteiger partial charge in [0, 0.05) is 17.5 Å². The van der Waals surface area contributed by atoms with E-state index in [0.717, 1.165) is 34.1 Å². The molecule has 4 rings (SSSR count). The number of methoxy groups -OCH3 is 1. The molecular weight excluding hydrogens is 324 g/mol. The second-order valence-electron chi connectivity index (χ2n) is 6.00. The Morgan fingerprint density at radius 1 is 0.731 bits per heavy atom. The van der Waals surface area contributed by atoms with Gasteiger partial charge >= 0.3 is 0 Å². The number of para-hydroxylation sites is 4. The third-order valence-corrected chi connectivity index (χ3v) is 4.36. The first-order valence-electron chi connectivity index (χ1n) is 8.42. The summed E-state index contributed by atoms with van der Waals surface area (Å²) in [6, 6.07) is 22.8. The number of phenols is 1. The molecule has 0 unspecified atom stereocenters. The van der Waals surface area contributed by atoms with Crippen LogP contribution < -0.4 is 4.74 Å². The Labute approximate surface area is 152 Å². The highest BCUT2D eigenvalue weighted by molar-refractivity contribution is 6.21. The topological polar surface area (TPSA) is 54.2 Å². The van der Waals surface area contributed by atoms with Gasteiger partial charge in [0.15, 0.2) is 0 Å². The van der Waals surface area contributed by atoms with Gasteiger partial charge in [-0.3, -0.25) is 9.98 Å². The van der Waals surface area contributed by atoms with E-state index in [1.807, 2.05) is 60.7 Å². The number of fused-ring (bicyclic) bond motifs is 1. The first kappa shape index (κ1) is 16.1. The van der Waals surface area contributed by atoms with Crippen LogP contribution in [0, 0.1) is 0 Å². The molecule has 128 valence electrons. The second kappa shape index (κ2) is 6.84. The Balaban J connectivity index is 1.91. The maximum atomic E-state index is 10.3. The monoisotopic (exact) mass is 342 g/mol. The molecule has 1 aliphatic heterocycles. The van der Waals surface area contributed by atoms with Crippen molar-refractivity contribution in [1.82, 2.24) is 0 Å². The highest BCUT2D eigenvalue weighted by Gasteiger charge is 2.20. The van der Waals surface area contributed by atoms with Gasteiger partial charge in [-0.2, -0.15) is 0 Å². The van der Waals surface area contributed by atoms with Crippen LogP contribution in [0.15, 0.2) is 82.8 Å². The zero-order valence-electron chi connectivity index (χ0n) is 14.4. The standard InChI is InChI=1S/C22H18N2O2/c1-26-22-13-7-3-9-16(22)20-14-19(15-8-2-6-12-21(15)25)23-17-10-4-5-11-18(17)24-20/h2-13,25H,14H2,1H3. The lowest BCUT2D eigenvalue weighted by Crippen LogP contribution is -2.11. The van der Waals surface area contributed by atoms with Gasteiger partial charge in [-0.15, -0.1) is 0 Å². The molecule has 4 heteroatoms. The van der Waals surface area contributed by atoms with Crippen molar-refractivity contribution in [3.63, 3.8) is 0 Å². The number of hydrogen-bond acceptors (Lipinski definition) is 4. The molecule has 3 aromatic rings. The molecule has 3 aromatic carbocycles. The maximum absolute atomic E-state index is 10.3. The fourth-order valence-electron chi connectivity index (χ4n) is 3.09. The van der Waals surface area contributed by atoms with Gasteiger partial charge < -0.3 is 9.84 Å². The van der Waals surface area contributed by atoms with Gasteiger partial charge in [-0.1, -0.05) is 36.4 Å².